The van der Waals surface area contributed by atoms with Crippen molar-refractivity contribution in [1.29, 1.82) is 0 Å². The van der Waals surface area contributed by atoms with Gasteiger partial charge in [-0.25, -0.2) is 4.39 Å². The van der Waals surface area contributed by atoms with E-state index >= 15 is 0 Å². The number of amides is 2. The van der Waals surface area contributed by atoms with Crippen LogP contribution in [0.2, 0.25) is 0 Å². The zero-order valence-electron chi connectivity index (χ0n) is 13.5. The molecule has 3 rings (SSSR count). The van der Waals surface area contributed by atoms with Crippen molar-refractivity contribution in [3.8, 4) is 0 Å². The lowest BCUT2D eigenvalue weighted by Gasteiger charge is -2.29. The monoisotopic (exact) mass is 356 g/mol. The first-order valence-corrected chi connectivity index (χ1v) is 8.78. The lowest BCUT2D eigenvalue weighted by Crippen LogP contribution is -2.35. The van der Waals surface area contributed by atoms with Crippen molar-refractivity contribution in [2.45, 2.75) is 11.4 Å². The van der Waals surface area contributed by atoms with Crippen molar-refractivity contribution in [1.82, 2.24) is 5.32 Å². The van der Waals surface area contributed by atoms with Crippen LogP contribution in [0.5, 0.6) is 0 Å². The number of carbonyl (C=O) groups is 2. The number of thioether (sulfide) groups is 1. The fourth-order valence-electron chi connectivity index (χ4n) is 2.56. The van der Waals surface area contributed by atoms with Gasteiger partial charge in [0.15, 0.2) is 0 Å². The van der Waals surface area contributed by atoms with Gasteiger partial charge in [-0.05, 0) is 35.9 Å². The number of nitrogens with zero attached hydrogens (tertiary/aromatic N) is 1. The van der Waals surface area contributed by atoms with Crippen molar-refractivity contribution in [3.05, 3.63) is 72.1 Å². The van der Waals surface area contributed by atoms with Crippen LogP contribution in [0.4, 0.5) is 10.1 Å². The first kappa shape index (κ1) is 17.2. The molecule has 0 aromatic heterocycles. The summed E-state index contributed by atoms with van der Waals surface area (Å²) in [5.74, 6) is -0.222. The SMILES string of the molecule is C=CCNC(=O)c1ccc2c(c1)N(Cc1ccc(F)cc1)C(=O)CS2. The smallest absolute Gasteiger partial charge is 0.251 e. The number of anilines is 1. The third-order valence-electron chi connectivity index (χ3n) is 3.83. The topological polar surface area (TPSA) is 49.4 Å². The number of fused-ring (bicyclic) bond motifs is 1. The molecule has 1 aliphatic heterocycles. The normalized spacial score (nSPS) is 13.3. The van der Waals surface area contributed by atoms with Crippen LogP contribution in [0, 0.1) is 5.82 Å². The molecule has 0 radical (unpaired) electrons. The summed E-state index contributed by atoms with van der Waals surface area (Å²) in [6.45, 7) is 4.29. The second kappa shape index (κ2) is 7.53. The quantitative estimate of drug-likeness (QED) is 0.836. The summed E-state index contributed by atoms with van der Waals surface area (Å²) in [5, 5.41) is 2.73. The fourth-order valence-corrected chi connectivity index (χ4v) is 3.47. The predicted molar refractivity (Wildman–Crippen MR) is 97.3 cm³/mol. The molecule has 2 aromatic carbocycles. The van der Waals surface area contributed by atoms with Gasteiger partial charge in [0.2, 0.25) is 5.91 Å². The highest BCUT2D eigenvalue weighted by molar-refractivity contribution is 8.00. The third-order valence-corrected chi connectivity index (χ3v) is 4.87. The number of carbonyl (C=O) groups excluding carboxylic acids is 2. The van der Waals surface area contributed by atoms with E-state index in [1.807, 2.05) is 6.07 Å². The van der Waals surface area contributed by atoms with Crippen molar-refractivity contribution < 1.29 is 14.0 Å². The van der Waals surface area contributed by atoms with Gasteiger partial charge in [-0.2, -0.15) is 0 Å². The van der Waals surface area contributed by atoms with Gasteiger partial charge < -0.3 is 10.2 Å². The number of halogens is 1. The van der Waals surface area contributed by atoms with Crippen LogP contribution in [0.25, 0.3) is 0 Å². The van der Waals surface area contributed by atoms with Crippen LogP contribution >= 0.6 is 11.8 Å². The zero-order valence-corrected chi connectivity index (χ0v) is 14.3. The number of rotatable bonds is 5. The molecule has 6 heteroatoms. The summed E-state index contributed by atoms with van der Waals surface area (Å²) in [7, 11) is 0. The lowest BCUT2D eigenvalue weighted by atomic mass is 10.1. The van der Waals surface area contributed by atoms with E-state index in [2.05, 4.69) is 11.9 Å². The van der Waals surface area contributed by atoms with E-state index < -0.39 is 0 Å². The summed E-state index contributed by atoms with van der Waals surface area (Å²) >= 11 is 1.45. The molecule has 0 spiro atoms. The molecule has 0 fully saturated rings. The van der Waals surface area contributed by atoms with Gasteiger partial charge in [0.1, 0.15) is 5.82 Å². The standard InChI is InChI=1S/C19H17FN2O2S/c1-2-9-21-19(24)14-5-8-17-16(10-14)22(18(23)12-25-17)11-13-3-6-15(20)7-4-13/h2-8,10H,1,9,11-12H2,(H,21,24). The highest BCUT2D eigenvalue weighted by atomic mass is 32.2. The third kappa shape index (κ3) is 3.91. The Kier molecular flexibility index (Phi) is 5.19. The second-order valence-corrected chi connectivity index (χ2v) is 6.59. The van der Waals surface area contributed by atoms with Gasteiger partial charge >= 0.3 is 0 Å². The van der Waals surface area contributed by atoms with Crippen LogP contribution in [-0.2, 0) is 11.3 Å². The van der Waals surface area contributed by atoms with Gasteiger partial charge in [0.25, 0.3) is 5.91 Å². The minimum absolute atomic E-state index is 0.0366. The predicted octanol–water partition coefficient (Wildman–Crippen LogP) is 3.38. The van der Waals surface area contributed by atoms with Crippen LogP contribution in [0.3, 0.4) is 0 Å². The van der Waals surface area contributed by atoms with Crippen LogP contribution in [0.1, 0.15) is 15.9 Å². The molecule has 0 atom stereocenters. The van der Waals surface area contributed by atoms with E-state index in [0.29, 0.717) is 30.1 Å². The second-order valence-electron chi connectivity index (χ2n) is 5.58. The molecule has 0 unspecified atom stereocenters. The Balaban J connectivity index is 1.90. The van der Waals surface area contributed by atoms with Crippen molar-refractivity contribution in [2.75, 3.05) is 17.2 Å². The average Bonchev–Trinajstić information content (AvgIpc) is 2.63. The summed E-state index contributed by atoms with van der Waals surface area (Å²) in [4.78, 5) is 27.1. The molecule has 2 amide bonds. The number of hydrogen-bond donors (Lipinski definition) is 1. The Hall–Kier alpha value is -2.60. The van der Waals surface area contributed by atoms with Crippen molar-refractivity contribution in [2.24, 2.45) is 0 Å². The summed E-state index contributed by atoms with van der Waals surface area (Å²) in [5.41, 5.74) is 2.02. The molecule has 25 heavy (non-hydrogen) atoms. The maximum Gasteiger partial charge on any atom is 0.251 e. The Morgan fingerprint density at radius 3 is 2.76 bits per heavy atom. The van der Waals surface area contributed by atoms with E-state index in [1.54, 1.807) is 35.2 Å². The number of benzene rings is 2. The van der Waals surface area contributed by atoms with Gasteiger partial charge in [-0.3, -0.25) is 9.59 Å². The Morgan fingerprint density at radius 1 is 1.28 bits per heavy atom. The molecule has 4 nitrogen and oxygen atoms in total. The van der Waals surface area contributed by atoms with Gasteiger partial charge in [0, 0.05) is 17.0 Å². The van der Waals surface area contributed by atoms with E-state index in [-0.39, 0.29) is 17.6 Å². The van der Waals surface area contributed by atoms with E-state index in [0.717, 1.165) is 10.5 Å². The van der Waals surface area contributed by atoms with Crippen LogP contribution in [0.15, 0.2) is 60.0 Å². The molecule has 0 bridgehead atoms. The molecule has 2 aromatic rings. The summed E-state index contributed by atoms with van der Waals surface area (Å²) in [6.07, 6.45) is 1.61. The van der Waals surface area contributed by atoms with Crippen LogP contribution < -0.4 is 10.2 Å². The molecule has 1 aliphatic rings. The Labute approximate surface area is 149 Å². The van der Waals surface area contributed by atoms with Gasteiger partial charge in [-0.15, -0.1) is 18.3 Å². The van der Waals surface area contributed by atoms with Gasteiger partial charge in [0.05, 0.1) is 18.0 Å². The maximum absolute atomic E-state index is 13.1. The van der Waals surface area contributed by atoms with Crippen molar-refractivity contribution in [3.63, 3.8) is 0 Å². The molecule has 1 N–H and O–H groups in total. The Bertz CT molecular complexity index is 821. The highest BCUT2D eigenvalue weighted by Gasteiger charge is 2.26. The molecular weight excluding hydrogens is 339 g/mol. The lowest BCUT2D eigenvalue weighted by molar-refractivity contribution is -0.116. The first-order chi connectivity index (χ1) is 12.1. The maximum atomic E-state index is 13.1. The largest absolute Gasteiger partial charge is 0.349 e. The minimum Gasteiger partial charge on any atom is -0.349 e. The van der Waals surface area contributed by atoms with Gasteiger partial charge in [-0.1, -0.05) is 18.2 Å². The van der Waals surface area contributed by atoms with Crippen molar-refractivity contribution >= 4 is 29.3 Å². The fraction of sp³-hybridized carbons (Fsp3) is 0.158. The van der Waals surface area contributed by atoms with Crippen LogP contribution in [-0.4, -0.2) is 24.1 Å². The summed E-state index contributed by atoms with van der Waals surface area (Å²) < 4.78 is 13.1. The molecule has 128 valence electrons. The highest BCUT2D eigenvalue weighted by Crippen LogP contribution is 2.36. The average molecular weight is 356 g/mol. The minimum atomic E-state index is -0.314. The van der Waals surface area contributed by atoms with E-state index in [4.69, 9.17) is 0 Å². The van der Waals surface area contributed by atoms with E-state index in [1.165, 1.54) is 23.9 Å². The molecule has 0 aliphatic carbocycles. The Morgan fingerprint density at radius 2 is 2.04 bits per heavy atom. The molecular formula is C19H17FN2O2S. The molecule has 0 saturated heterocycles. The molecule has 0 saturated carbocycles. The number of hydrogen-bond acceptors (Lipinski definition) is 3. The summed E-state index contributed by atoms with van der Waals surface area (Å²) in [6, 6.07) is 11.4. The molecule has 1 heterocycles. The zero-order chi connectivity index (χ0) is 17.8. The number of nitrogens with one attached hydrogen (secondary N) is 1. The first-order valence-electron chi connectivity index (χ1n) is 7.79. The van der Waals surface area contributed by atoms with E-state index in [9.17, 15) is 14.0 Å².